The number of ether oxygens (including phenoxy) is 3. The maximum absolute atomic E-state index is 12.8. The molecule has 0 aliphatic rings. The maximum atomic E-state index is 12.8. The van der Waals surface area contributed by atoms with E-state index in [9.17, 15) is 19.7 Å². The average Bonchev–Trinajstić information content (AvgIpc) is 2.67. The van der Waals surface area contributed by atoms with E-state index in [0.717, 1.165) is 11.0 Å². The Hall–Kier alpha value is -2.88. The second kappa shape index (κ2) is 11.1. The zero-order valence-corrected chi connectivity index (χ0v) is 16.9. The Morgan fingerprint density at radius 1 is 1.11 bits per heavy atom. The third-order valence-corrected chi connectivity index (χ3v) is 4.09. The lowest BCUT2D eigenvalue weighted by molar-refractivity contribution is -0.385. The number of carbonyl (C=O) groups excluding carboxylic acids is 2. The van der Waals surface area contributed by atoms with Crippen LogP contribution in [0.3, 0.4) is 0 Å². The van der Waals surface area contributed by atoms with Crippen LogP contribution in [0.5, 0.6) is 11.5 Å². The van der Waals surface area contributed by atoms with E-state index in [2.05, 4.69) is 0 Å². The molecule has 0 aliphatic carbocycles. The van der Waals surface area contributed by atoms with Crippen LogP contribution in [0, 0.1) is 10.1 Å². The van der Waals surface area contributed by atoms with Crippen molar-refractivity contribution in [2.45, 2.75) is 13.8 Å². The van der Waals surface area contributed by atoms with E-state index in [1.807, 2.05) is 13.8 Å². The first kappa shape index (κ1) is 23.2. The molecular weight excluding hydrogens is 370 g/mol. The van der Waals surface area contributed by atoms with Crippen molar-refractivity contribution in [1.29, 1.82) is 0 Å². The Morgan fingerprint density at radius 2 is 1.75 bits per heavy atom. The number of nitrogens with zero attached hydrogens (tertiary/aromatic N) is 3. The number of likely N-dealkylation sites (N-methyl/N-ethyl adjacent to an activating group) is 2. The van der Waals surface area contributed by atoms with Crippen molar-refractivity contribution >= 4 is 17.5 Å². The van der Waals surface area contributed by atoms with Gasteiger partial charge in [0.25, 0.3) is 11.6 Å². The van der Waals surface area contributed by atoms with Gasteiger partial charge in [0.1, 0.15) is 12.2 Å². The molecule has 0 heterocycles. The largest absolute Gasteiger partial charge is 0.493 e. The molecule has 0 radical (unpaired) electrons. The number of nitro benzene ring substituents is 1. The molecular formula is C18H27N3O7. The molecule has 0 bridgehead atoms. The van der Waals surface area contributed by atoms with E-state index in [4.69, 9.17) is 14.2 Å². The van der Waals surface area contributed by atoms with Gasteiger partial charge in [0, 0.05) is 33.3 Å². The number of rotatable bonds is 11. The van der Waals surface area contributed by atoms with Crippen LogP contribution in [0.1, 0.15) is 24.2 Å². The van der Waals surface area contributed by atoms with E-state index in [1.165, 1.54) is 27.3 Å². The molecule has 0 unspecified atom stereocenters. The smallest absolute Gasteiger partial charge is 0.286 e. The van der Waals surface area contributed by atoms with Gasteiger partial charge < -0.3 is 24.0 Å². The predicted octanol–water partition coefficient (Wildman–Crippen LogP) is 1.57. The fourth-order valence-corrected chi connectivity index (χ4v) is 2.54. The van der Waals surface area contributed by atoms with E-state index in [-0.39, 0.29) is 42.7 Å². The number of benzene rings is 1. The average molecular weight is 397 g/mol. The Kier molecular flexibility index (Phi) is 9.16. The van der Waals surface area contributed by atoms with E-state index >= 15 is 0 Å². The molecule has 0 fully saturated rings. The normalized spacial score (nSPS) is 10.3. The van der Waals surface area contributed by atoms with Crippen molar-refractivity contribution in [3.05, 3.63) is 27.8 Å². The Balaban J connectivity index is 3.17. The molecule has 2 amide bonds. The highest BCUT2D eigenvalue weighted by Gasteiger charge is 2.28. The lowest BCUT2D eigenvalue weighted by atomic mass is 10.1. The zero-order chi connectivity index (χ0) is 21.3. The first-order valence-electron chi connectivity index (χ1n) is 8.81. The standard InChI is InChI=1S/C18H27N3O7/c1-6-20(7-2)17(22)12-19(3)18(23)13-10-15(27-5)16(28-9-8-26-4)11-14(13)21(24)25/h10-11H,6-9,12H2,1-5H3. The van der Waals surface area contributed by atoms with Gasteiger partial charge >= 0.3 is 0 Å². The van der Waals surface area contributed by atoms with Crippen molar-refractivity contribution < 1.29 is 28.7 Å². The lowest BCUT2D eigenvalue weighted by Gasteiger charge is -2.23. The molecule has 156 valence electrons. The van der Waals surface area contributed by atoms with Gasteiger partial charge in [0.2, 0.25) is 5.91 Å². The molecule has 10 heteroatoms. The number of nitro groups is 1. The van der Waals surface area contributed by atoms with Gasteiger partial charge in [-0.1, -0.05) is 0 Å². The van der Waals surface area contributed by atoms with Gasteiger partial charge in [-0.2, -0.15) is 0 Å². The SMILES string of the molecule is CCN(CC)C(=O)CN(C)C(=O)c1cc(OC)c(OCCOC)cc1[N+](=O)[O-]. The Morgan fingerprint density at radius 3 is 2.25 bits per heavy atom. The van der Waals surface area contributed by atoms with Crippen LogP contribution in [0.2, 0.25) is 0 Å². The van der Waals surface area contributed by atoms with Crippen molar-refractivity contribution in [3.8, 4) is 11.5 Å². The van der Waals surface area contributed by atoms with E-state index < -0.39 is 16.5 Å². The van der Waals surface area contributed by atoms with E-state index in [1.54, 1.807) is 4.90 Å². The highest BCUT2D eigenvalue weighted by Crippen LogP contribution is 2.35. The molecule has 0 atom stereocenters. The second-order valence-corrected chi connectivity index (χ2v) is 5.85. The third kappa shape index (κ3) is 5.81. The summed E-state index contributed by atoms with van der Waals surface area (Å²) in [5.41, 5.74) is -0.615. The van der Waals surface area contributed by atoms with E-state index in [0.29, 0.717) is 13.1 Å². The summed E-state index contributed by atoms with van der Waals surface area (Å²) in [4.78, 5) is 38.6. The van der Waals surface area contributed by atoms with Crippen LogP contribution >= 0.6 is 0 Å². The van der Waals surface area contributed by atoms with Crippen LogP contribution in [0.15, 0.2) is 12.1 Å². The van der Waals surface area contributed by atoms with Gasteiger partial charge in [-0.3, -0.25) is 19.7 Å². The predicted molar refractivity (Wildman–Crippen MR) is 102 cm³/mol. The van der Waals surface area contributed by atoms with Crippen LogP contribution in [-0.2, 0) is 9.53 Å². The monoisotopic (exact) mass is 397 g/mol. The van der Waals surface area contributed by atoms with Crippen molar-refractivity contribution in [2.24, 2.45) is 0 Å². The number of amides is 2. The summed E-state index contributed by atoms with van der Waals surface area (Å²) in [6.07, 6.45) is 0. The molecule has 0 N–H and O–H groups in total. The van der Waals surface area contributed by atoms with Crippen molar-refractivity contribution in [1.82, 2.24) is 9.80 Å². The molecule has 1 aromatic rings. The summed E-state index contributed by atoms with van der Waals surface area (Å²) in [6, 6.07) is 2.39. The molecule has 1 rings (SSSR count). The van der Waals surface area contributed by atoms with Gasteiger partial charge in [-0.05, 0) is 13.8 Å². The fraction of sp³-hybridized carbons (Fsp3) is 0.556. The maximum Gasteiger partial charge on any atom is 0.286 e. The molecule has 0 aliphatic heterocycles. The van der Waals surface area contributed by atoms with Gasteiger partial charge in [0.05, 0.1) is 31.3 Å². The first-order valence-corrected chi connectivity index (χ1v) is 8.81. The summed E-state index contributed by atoms with van der Waals surface area (Å²) < 4.78 is 15.5. The third-order valence-electron chi connectivity index (χ3n) is 4.09. The molecule has 0 saturated carbocycles. The number of hydrogen-bond donors (Lipinski definition) is 0. The summed E-state index contributed by atoms with van der Waals surface area (Å²) in [7, 11) is 4.29. The Labute approximate surface area is 164 Å². The highest BCUT2D eigenvalue weighted by atomic mass is 16.6. The molecule has 10 nitrogen and oxygen atoms in total. The summed E-state index contributed by atoms with van der Waals surface area (Å²) in [6.45, 7) is 4.95. The topological polar surface area (TPSA) is 111 Å². The zero-order valence-electron chi connectivity index (χ0n) is 16.9. The molecule has 0 aromatic heterocycles. The lowest BCUT2D eigenvalue weighted by Crippen LogP contribution is -2.41. The number of hydrogen-bond acceptors (Lipinski definition) is 7. The minimum absolute atomic E-state index is 0.129. The van der Waals surface area contributed by atoms with Crippen LogP contribution in [0.4, 0.5) is 5.69 Å². The minimum atomic E-state index is -0.671. The molecule has 0 saturated heterocycles. The molecule has 1 aromatic carbocycles. The summed E-state index contributed by atoms with van der Waals surface area (Å²) in [5.74, 6) is -0.595. The van der Waals surface area contributed by atoms with Crippen LogP contribution < -0.4 is 9.47 Å². The first-order chi connectivity index (χ1) is 13.3. The van der Waals surface area contributed by atoms with Crippen molar-refractivity contribution in [2.75, 3.05) is 54.1 Å². The van der Waals surface area contributed by atoms with Gasteiger partial charge in [-0.15, -0.1) is 0 Å². The highest BCUT2D eigenvalue weighted by molar-refractivity contribution is 6.00. The summed E-state index contributed by atoms with van der Waals surface area (Å²) >= 11 is 0. The van der Waals surface area contributed by atoms with Crippen LogP contribution in [0.25, 0.3) is 0 Å². The van der Waals surface area contributed by atoms with Crippen molar-refractivity contribution in [3.63, 3.8) is 0 Å². The number of carbonyl (C=O) groups is 2. The molecule has 28 heavy (non-hydrogen) atoms. The second-order valence-electron chi connectivity index (χ2n) is 5.85. The quantitative estimate of drug-likeness (QED) is 0.316. The molecule has 0 spiro atoms. The van der Waals surface area contributed by atoms with Crippen LogP contribution in [-0.4, -0.2) is 80.7 Å². The minimum Gasteiger partial charge on any atom is -0.493 e. The number of methoxy groups -OCH3 is 2. The van der Waals surface area contributed by atoms with Gasteiger partial charge in [0.15, 0.2) is 11.5 Å². The van der Waals surface area contributed by atoms with Gasteiger partial charge in [-0.25, -0.2) is 0 Å². The fourth-order valence-electron chi connectivity index (χ4n) is 2.54. The Bertz CT molecular complexity index is 705. The summed E-state index contributed by atoms with van der Waals surface area (Å²) in [5, 5.41) is 11.5.